The van der Waals surface area contributed by atoms with E-state index in [1.165, 1.54) is 6.92 Å². The first kappa shape index (κ1) is 18.8. The summed E-state index contributed by atoms with van der Waals surface area (Å²) in [5.41, 5.74) is 7.94. The van der Waals surface area contributed by atoms with Crippen LogP contribution in [-0.4, -0.2) is 15.0 Å². The van der Waals surface area contributed by atoms with Crippen molar-refractivity contribution in [1.82, 2.24) is 15.0 Å². The fourth-order valence-electron chi connectivity index (χ4n) is 6.93. The van der Waals surface area contributed by atoms with Crippen molar-refractivity contribution in [2.45, 2.75) is 12.3 Å². The molecule has 0 N–H and O–H groups in total. The lowest BCUT2D eigenvalue weighted by atomic mass is 9.66. The topological polar surface area (TPSA) is 38.7 Å². The van der Waals surface area contributed by atoms with Gasteiger partial charge in [0, 0.05) is 16.7 Å². The van der Waals surface area contributed by atoms with Gasteiger partial charge in [-0.3, -0.25) is 0 Å². The standard InChI is InChI=1S/C43H29N3/c1-28-12-11-17-32(26-28)41-44-40(31-15-3-2-4-16-31)45-42(46-41)33-24-25-35-34-18-7-10-21-38(34)43(39(35)27-33)36-19-8-5-13-29(36)22-23-30-14-6-9-20-37(30)43/h2-27H,1H3/i2D,3D,4D,11D,12D,15D,16D,17D,26D. The van der Waals surface area contributed by atoms with E-state index in [2.05, 4.69) is 53.5 Å². The quantitative estimate of drug-likeness (QED) is 0.204. The zero-order valence-electron chi connectivity index (χ0n) is 33.7. The van der Waals surface area contributed by atoms with Crippen LogP contribution in [0.3, 0.4) is 0 Å². The van der Waals surface area contributed by atoms with Gasteiger partial charge in [0.05, 0.1) is 17.8 Å². The number of fused-ring (bicyclic) bond motifs is 9. The minimum atomic E-state index is -0.770. The van der Waals surface area contributed by atoms with Crippen molar-refractivity contribution in [2.75, 3.05) is 0 Å². The molecule has 1 aromatic heterocycles. The molecule has 0 atom stereocenters. The van der Waals surface area contributed by atoms with E-state index in [1.807, 2.05) is 54.6 Å². The Bertz CT molecular complexity index is 2650. The molecule has 0 bridgehead atoms. The highest BCUT2D eigenvalue weighted by Gasteiger charge is 2.48. The molecule has 6 aromatic carbocycles. The normalized spacial score (nSPS) is 16.2. The maximum atomic E-state index is 8.92. The molecule has 2 aliphatic rings. The number of hydrogen-bond donors (Lipinski definition) is 0. The van der Waals surface area contributed by atoms with Gasteiger partial charge in [-0.25, -0.2) is 15.0 Å². The molecule has 1 spiro atoms. The van der Waals surface area contributed by atoms with Crippen LogP contribution in [0.1, 0.15) is 51.3 Å². The Morgan fingerprint density at radius 2 is 1.07 bits per heavy atom. The fourth-order valence-corrected chi connectivity index (χ4v) is 6.93. The maximum absolute atomic E-state index is 8.92. The highest BCUT2D eigenvalue weighted by molar-refractivity contribution is 5.92. The minimum absolute atomic E-state index is 0.0759. The first-order valence-corrected chi connectivity index (χ1v) is 15.0. The Morgan fingerprint density at radius 3 is 1.78 bits per heavy atom. The first-order chi connectivity index (χ1) is 26.4. The lowest BCUT2D eigenvalue weighted by Gasteiger charge is -2.35. The lowest BCUT2D eigenvalue weighted by molar-refractivity contribution is 0.766. The van der Waals surface area contributed by atoms with Crippen LogP contribution < -0.4 is 0 Å². The molecule has 0 unspecified atom stereocenters. The molecule has 3 nitrogen and oxygen atoms in total. The summed E-state index contributed by atoms with van der Waals surface area (Å²) < 4.78 is 77.0. The highest BCUT2D eigenvalue weighted by Crippen LogP contribution is 2.58. The van der Waals surface area contributed by atoms with Crippen LogP contribution in [0.25, 0.3) is 57.4 Å². The SMILES string of the molecule is [2H]c1c([2H])c([2H])c(-c2nc(-c3ccc4c(c3)C3(c5ccccc5C=Cc5ccccc53)c3ccccc3-4)nc(-c3c([2H])c([2H])c([2H])c(C)c3[2H])n2)c([2H])c1[2H]. The molecule has 9 rings (SSSR count). The Morgan fingerprint density at radius 1 is 0.500 bits per heavy atom. The monoisotopic (exact) mass is 596 g/mol. The van der Waals surface area contributed by atoms with Gasteiger partial charge >= 0.3 is 0 Å². The molecule has 216 valence electrons. The van der Waals surface area contributed by atoms with Crippen LogP contribution in [0, 0.1) is 6.92 Å². The van der Waals surface area contributed by atoms with Crippen LogP contribution >= 0.6 is 0 Å². The molecule has 7 aromatic rings. The Kier molecular flexibility index (Phi) is 4.21. The van der Waals surface area contributed by atoms with E-state index in [0.717, 1.165) is 44.5 Å². The second-order valence-corrected chi connectivity index (χ2v) is 11.4. The van der Waals surface area contributed by atoms with Crippen LogP contribution in [0.4, 0.5) is 0 Å². The largest absolute Gasteiger partial charge is 0.208 e. The minimum Gasteiger partial charge on any atom is -0.208 e. The number of aromatic nitrogens is 3. The Balaban J connectivity index is 1.38. The van der Waals surface area contributed by atoms with Gasteiger partial charge in [0.25, 0.3) is 0 Å². The molecule has 2 aliphatic carbocycles. The van der Waals surface area contributed by atoms with E-state index in [1.54, 1.807) is 0 Å². The van der Waals surface area contributed by atoms with E-state index < -0.39 is 47.7 Å². The van der Waals surface area contributed by atoms with Gasteiger partial charge in [0.15, 0.2) is 17.5 Å². The second-order valence-electron chi connectivity index (χ2n) is 11.4. The summed E-state index contributed by atoms with van der Waals surface area (Å²) in [4.78, 5) is 14.1. The second kappa shape index (κ2) is 10.3. The van der Waals surface area contributed by atoms with E-state index in [9.17, 15) is 0 Å². The van der Waals surface area contributed by atoms with Gasteiger partial charge in [-0.1, -0.05) is 151 Å². The molecular formula is C43H29N3. The predicted octanol–water partition coefficient (Wildman–Crippen LogP) is 10.0. The van der Waals surface area contributed by atoms with Gasteiger partial charge in [-0.05, 0) is 63.5 Å². The molecule has 0 aliphatic heterocycles. The number of benzene rings is 6. The van der Waals surface area contributed by atoms with E-state index in [-0.39, 0.29) is 46.2 Å². The Hall–Kier alpha value is -5.93. The van der Waals surface area contributed by atoms with Crippen molar-refractivity contribution in [3.8, 4) is 45.3 Å². The average molecular weight is 597 g/mol. The summed E-state index contributed by atoms with van der Waals surface area (Å²) in [6.45, 7) is 1.51. The number of nitrogens with zero attached hydrogens (tertiary/aromatic N) is 3. The zero-order valence-corrected chi connectivity index (χ0v) is 24.7. The Labute approximate surface area is 281 Å². The molecule has 0 amide bonds. The summed E-state index contributed by atoms with van der Waals surface area (Å²) >= 11 is 0. The van der Waals surface area contributed by atoms with Gasteiger partial charge in [0.1, 0.15) is 0 Å². The number of hydrogen-bond acceptors (Lipinski definition) is 3. The third-order valence-corrected chi connectivity index (χ3v) is 8.81. The molecular weight excluding hydrogens is 558 g/mol. The van der Waals surface area contributed by atoms with Gasteiger partial charge < -0.3 is 0 Å². The summed E-state index contributed by atoms with van der Waals surface area (Å²) in [7, 11) is 0. The van der Waals surface area contributed by atoms with Gasteiger partial charge in [-0.2, -0.15) is 0 Å². The van der Waals surface area contributed by atoms with Crippen molar-refractivity contribution in [2.24, 2.45) is 0 Å². The van der Waals surface area contributed by atoms with Crippen molar-refractivity contribution in [3.63, 3.8) is 0 Å². The first-order valence-electron chi connectivity index (χ1n) is 19.5. The van der Waals surface area contributed by atoms with Gasteiger partial charge in [0.2, 0.25) is 0 Å². The lowest BCUT2D eigenvalue weighted by Crippen LogP contribution is -2.30. The smallest absolute Gasteiger partial charge is 0.164 e. The molecule has 0 fully saturated rings. The summed E-state index contributed by atoms with van der Waals surface area (Å²) in [6.07, 6.45) is 4.28. The van der Waals surface area contributed by atoms with Crippen molar-refractivity contribution in [3.05, 3.63) is 184 Å². The molecule has 0 saturated carbocycles. The third kappa shape index (κ3) is 3.95. The zero-order chi connectivity index (χ0) is 38.5. The highest BCUT2D eigenvalue weighted by atomic mass is 15.0. The summed E-state index contributed by atoms with van der Waals surface area (Å²) in [5, 5.41) is 0. The molecule has 0 saturated heterocycles. The fraction of sp³-hybridized carbons (Fsp3) is 0.0465. The van der Waals surface area contributed by atoms with Crippen molar-refractivity contribution in [1.29, 1.82) is 0 Å². The van der Waals surface area contributed by atoms with Crippen molar-refractivity contribution >= 4 is 12.2 Å². The van der Waals surface area contributed by atoms with Crippen LogP contribution in [0.2, 0.25) is 0 Å². The van der Waals surface area contributed by atoms with E-state index in [0.29, 0.717) is 5.56 Å². The van der Waals surface area contributed by atoms with Crippen LogP contribution in [0.5, 0.6) is 0 Å². The summed E-state index contributed by atoms with van der Waals surface area (Å²) in [6, 6.07) is 26.8. The molecule has 3 heteroatoms. The van der Waals surface area contributed by atoms with Crippen LogP contribution in [0.15, 0.2) is 145 Å². The number of rotatable bonds is 3. The van der Waals surface area contributed by atoms with Gasteiger partial charge in [-0.15, -0.1) is 0 Å². The van der Waals surface area contributed by atoms with E-state index >= 15 is 0 Å². The third-order valence-electron chi connectivity index (χ3n) is 8.81. The average Bonchev–Trinajstić information content (AvgIpc) is 3.41. The maximum Gasteiger partial charge on any atom is 0.164 e. The van der Waals surface area contributed by atoms with E-state index in [4.69, 9.17) is 22.3 Å². The van der Waals surface area contributed by atoms with Crippen LogP contribution in [-0.2, 0) is 5.41 Å². The molecule has 1 heterocycles. The molecule has 0 radical (unpaired) electrons. The summed E-state index contributed by atoms with van der Waals surface area (Å²) in [5.74, 6) is -0.360. The predicted molar refractivity (Wildman–Crippen MR) is 187 cm³/mol. The molecule has 46 heavy (non-hydrogen) atoms. The van der Waals surface area contributed by atoms with Crippen molar-refractivity contribution < 1.29 is 12.3 Å².